The number of nitrogens with zero attached hydrogens (tertiary/aromatic N) is 1. The Morgan fingerprint density at radius 3 is 2.53 bits per heavy atom. The molecular formula is C13H18FNO2. The monoisotopic (exact) mass is 239 g/mol. The summed E-state index contributed by atoms with van der Waals surface area (Å²) < 4.78 is 12.8. The standard InChI is InChI=1S/C13H18FNO2/c1-5-13(2,3)15(4)12(17)10-7-6-9(14)8-11(10)16/h6-8,16H,5H2,1-4H3. The lowest BCUT2D eigenvalue weighted by molar-refractivity contribution is 0.0617. The van der Waals surface area contributed by atoms with Gasteiger partial charge < -0.3 is 10.0 Å². The average Bonchev–Trinajstić information content (AvgIpc) is 2.27. The Morgan fingerprint density at radius 2 is 2.06 bits per heavy atom. The van der Waals surface area contributed by atoms with Gasteiger partial charge in [0.2, 0.25) is 0 Å². The van der Waals surface area contributed by atoms with E-state index in [1.54, 1.807) is 11.9 Å². The predicted octanol–water partition coefficient (Wildman–Crippen LogP) is 2.79. The summed E-state index contributed by atoms with van der Waals surface area (Å²) in [7, 11) is 1.68. The van der Waals surface area contributed by atoms with Crippen molar-refractivity contribution in [3.05, 3.63) is 29.6 Å². The Morgan fingerprint density at radius 1 is 1.47 bits per heavy atom. The Labute approximate surface area is 101 Å². The van der Waals surface area contributed by atoms with Crippen LogP contribution >= 0.6 is 0 Å². The molecule has 0 aromatic heterocycles. The topological polar surface area (TPSA) is 40.5 Å². The third-order valence-corrected chi connectivity index (χ3v) is 3.27. The van der Waals surface area contributed by atoms with Gasteiger partial charge >= 0.3 is 0 Å². The SMILES string of the molecule is CCC(C)(C)N(C)C(=O)c1ccc(F)cc1O. The number of carbonyl (C=O) groups excluding carboxylic acids is 1. The van der Waals surface area contributed by atoms with E-state index >= 15 is 0 Å². The van der Waals surface area contributed by atoms with E-state index in [1.807, 2.05) is 20.8 Å². The molecule has 0 atom stereocenters. The van der Waals surface area contributed by atoms with Crippen molar-refractivity contribution in [2.45, 2.75) is 32.7 Å². The number of halogens is 1. The Balaban J connectivity index is 3.05. The van der Waals surface area contributed by atoms with Crippen molar-refractivity contribution in [2.75, 3.05) is 7.05 Å². The average molecular weight is 239 g/mol. The molecule has 4 heteroatoms. The van der Waals surface area contributed by atoms with Crippen LogP contribution in [0.4, 0.5) is 4.39 Å². The second kappa shape index (κ2) is 4.73. The largest absolute Gasteiger partial charge is 0.507 e. The quantitative estimate of drug-likeness (QED) is 0.881. The maximum atomic E-state index is 12.8. The highest BCUT2D eigenvalue weighted by atomic mass is 19.1. The van der Waals surface area contributed by atoms with E-state index in [0.29, 0.717) is 0 Å². The lowest BCUT2D eigenvalue weighted by atomic mass is 9.98. The van der Waals surface area contributed by atoms with Gasteiger partial charge in [0, 0.05) is 18.7 Å². The van der Waals surface area contributed by atoms with Gasteiger partial charge in [0.15, 0.2) is 0 Å². The van der Waals surface area contributed by atoms with Crippen LogP contribution < -0.4 is 0 Å². The number of amides is 1. The number of phenolic OH excluding ortho intramolecular Hbond substituents is 1. The fraction of sp³-hybridized carbons (Fsp3) is 0.462. The number of benzene rings is 1. The van der Waals surface area contributed by atoms with Crippen LogP contribution in [-0.2, 0) is 0 Å². The van der Waals surface area contributed by atoms with E-state index in [4.69, 9.17) is 0 Å². The lowest BCUT2D eigenvalue weighted by Gasteiger charge is -2.35. The zero-order chi connectivity index (χ0) is 13.2. The van der Waals surface area contributed by atoms with Crippen LogP contribution in [0.2, 0.25) is 0 Å². The highest BCUT2D eigenvalue weighted by Crippen LogP contribution is 2.24. The first kappa shape index (κ1) is 13.5. The molecule has 0 unspecified atom stereocenters. The molecule has 0 fully saturated rings. The molecule has 3 nitrogen and oxygen atoms in total. The summed E-state index contributed by atoms with van der Waals surface area (Å²) in [4.78, 5) is 13.7. The van der Waals surface area contributed by atoms with Crippen molar-refractivity contribution >= 4 is 5.91 Å². The molecule has 0 heterocycles. The molecular weight excluding hydrogens is 221 g/mol. The molecule has 1 N–H and O–H groups in total. The minimum Gasteiger partial charge on any atom is -0.507 e. The van der Waals surface area contributed by atoms with Gasteiger partial charge in [-0.25, -0.2) is 4.39 Å². The van der Waals surface area contributed by atoms with Gasteiger partial charge in [-0.2, -0.15) is 0 Å². The summed E-state index contributed by atoms with van der Waals surface area (Å²) >= 11 is 0. The highest BCUT2D eigenvalue weighted by molar-refractivity contribution is 5.97. The molecule has 0 aliphatic carbocycles. The highest BCUT2D eigenvalue weighted by Gasteiger charge is 2.27. The first-order chi connectivity index (χ1) is 7.79. The Kier molecular flexibility index (Phi) is 3.76. The molecule has 0 spiro atoms. The van der Waals surface area contributed by atoms with Gasteiger partial charge in [-0.05, 0) is 32.4 Å². The smallest absolute Gasteiger partial charge is 0.257 e. The van der Waals surface area contributed by atoms with E-state index in [9.17, 15) is 14.3 Å². The molecule has 94 valence electrons. The lowest BCUT2D eigenvalue weighted by Crippen LogP contribution is -2.44. The summed E-state index contributed by atoms with van der Waals surface area (Å²) in [5, 5.41) is 9.56. The summed E-state index contributed by atoms with van der Waals surface area (Å²) in [6.45, 7) is 5.85. The van der Waals surface area contributed by atoms with Gasteiger partial charge in [-0.3, -0.25) is 4.79 Å². The summed E-state index contributed by atoms with van der Waals surface area (Å²) in [6, 6.07) is 3.41. The van der Waals surface area contributed by atoms with Gasteiger partial charge in [0.1, 0.15) is 11.6 Å². The molecule has 1 rings (SSSR count). The third-order valence-electron chi connectivity index (χ3n) is 3.27. The third kappa shape index (κ3) is 2.75. The van der Waals surface area contributed by atoms with Gasteiger partial charge in [0.25, 0.3) is 5.91 Å². The van der Waals surface area contributed by atoms with E-state index in [2.05, 4.69) is 0 Å². The van der Waals surface area contributed by atoms with Crippen molar-refractivity contribution in [3.63, 3.8) is 0 Å². The van der Waals surface area contributed by atoms with Crippen LogP contribution in [0, 0.1) is 5.82 Å². The normalized spacial score (nSPS) is 11.4. The number of hydrogen-bond acceptors (Lipinski definition) is 2. The van der Waals surface area contributed by atoms with Crippen molar-refractivity contribution in [3.8, 4) is 5.75 Å². The maximum absolute atomic E-state index is 12.8. The second-order valence-corrected chi connectivity index (χ2v) is 4.69. The van der Waals surface area contributed by atoms with Crippen LogP contribution in [0.5, 0.6) is 5.75 Å². The zero-order valence-corrected chi connectivity index (χ0v) is 10.6. The van der Waals surface area contributed by atoms with Crippen molar-refractivity contribution in [1.29, 1.82) is 0 Å². The first-order valence-corrected chi connectivity index (χ1v) is 5.56. The van der Waals surface area contributed by atoms with Crippen LogP contribution in [0.3, 0.4) is 0 Å². The van der Waals surface area contributed by atoms with Crippen molar-refractivity contribution in [2.24, 2.45) is 0 Å². The van der Waals surface area contributed by atoms with E-state index in [-0.39, 0.29) is 22.8 Å². The number of rotatable bonds is 3. The summed E-state index contributed by atoms with van der Waals surface area (Å²) in [5.41, 5.74) is -0.187. The molecule has 0 saturated heterocycles. The number of hydrogen-bond donors (Lipinski definition) is 1. The summed E-state index contributed by atoms with van der Waals surface area (Å²) in [6.07, 6.45) is 0.789. The predicted molar refractivity (Wildman–Crippen MR) is 64.5 cm³/mol. The van der Waals surface area contributed by atoms with Gasteiger partial charge in [-0.15, -0.1) is 0 Å². The number of aromatic hydroxyl groups is 1. The fourth-order valence-corrected chi connectivity index (χ4v) is 1.38. The van der Waals surface area contributed by atoms with E-state index in [1.165, 1.54) is 12.1 Å². The zero-order valence-electron chi connectivity index (χ0n) is 10.6. The Bertz CT molecular complexity index is 429. The van der Waals surface area contributed by atoms with Crippen LogP contribution in [0.1, 0.15) is 37.6 Å². The number of phenols is 1. The van der Waals surface area contributed by atoms with Crippen LogP contribution in [0.25, 0.3) is 0 Å². The maximum Gasteiger partial charge on any atom is 0.257 e. The molecule has 1 aromatic carbocycles. The molecule has 17 heavy (non-hydrogen) atoms. The van der Waals surface area contributed by atoms with Gasteiger partial charge in [-0.1, -0.05) is 6.92 Å². The van der Waals surface area contributed by atoms with Crippen molar-refractivity contribution < 1.29 is 14.3 Å². The molecule has 0 radical (unpaired) electrons. The minimum absolute atomic E-state index is 0.121. The Hall–Kier alpha value is -1.58. The van der Waals surface area contributed by atoms with E-state index < -0.39 is 5.82 Å². The van der Waals surface area contributed by atoms with Crippen molar-refractivity contribution in [1.82, 2.24) is 4.90 Å². The molecule has 0 aliphatic heterocycles. The van der Waals surface area contributed by atoms with E-state index in [0.717, 1.165) is 12.5 Å². The molecule has 1 aromatic rings. The molecule has 0 saturated carbocycles. The molecule has 1 amide bonds. The second-order valence-electron chi connectivity index (χ2n) is 4.69. The number of carbonyl (C=O) groups is 1. The fourth-order valence-electron chi connectivity index (χ4n) is 1.38. The van der Waals surface area contributed by atoms with Crippen LogP contribution in [0.15, 0.2) is 18.2 Å². The van der Waals surface area contributed by atoms with Crippen LogP contribution in [-0.4, -0.2) is 28.5 Å². The van der Waals surface area contributed by atoms with Gasteiger partial charge in [0.05, 0.1) is 5.56 Å². The first-order valence-electron chi connectivity index (χ1n) is 5.56. The summed E-state index contributed by atoms with van der Waals surface area (Å²) in [5.74, 6) is -1.19. The molecule has 0 aliphatic rings. The minimum atomic E-state index is -0.559. The molecule has 0 bridgehead atoms.